The molecule has 0 saturated carbocycles. The number of rotatable bonds is 4. The number of imidazole rings is 1. The van der Waals surface area contributed by atoms with Gasteiger partial charge in [0, 0.05) is 29.8 Å². The minimum Gasteiger partial charge on any atom is -0.321 e. The van der Waals surface area contributed by atoms with E-state index in [-0.39, 0.29) is 11.6 Å². The Hall–Kier alpha value is -4.33. The van der Waals surface area contributed by atoms with Crippen molar-refractivity contribution in [1.29, 1.82) is 0 Å². The van der Waals surface area contributed by atoms with Crippen molar-refractivity contribution < 1.29 is 4.79 Å². The molecule has 1 N–H and O–H groups in total. The first kappa shape index (κ1) is 18.7. The van der Waals surface area contributed by atoms with Gasteiger partial charge in [-0.1, -0.05) is 29.5 Å². The number of nitrogens with one attached hydrogen (secondary N) is 1. The highest BCUT2D eigenvalue weighted by Crippen LogP contribution is 2.21. The largest absolute Gasteiger partial charge is 0.321 e. The summed E-state index contributed by atoms with van der Waals surface area (Å²) in [6, 6.07) is 17.2. The number of hydrogen-bond donors (Lipinski definition) is 1. The SMILES string of the molecule is Cc1cccc(-n2nnc(C(=O)Nc3ccc(-c4cn5cccnc5n4)cc3)c2C)c1. The molecular weight excluding hydrogens is 390 g/mol. The van der Waals surface area contributed by atoms with Gasteiger partial charge in [0.1, 0.15) is 0 Å². The monoisotopic (exact) mass is 409 g/mol. The molecule has 5 aromatic rings. The fraction of sp³-hybridized carbons (Fsp3) is 0.0870. The average molecular weight is 409 g/mol. The fourth-order valence-corrected chi connectivity index (χ4v) is 3.43. The Bertz CT molecular complexity index is 1370. The van der Waals surface area contributed by atoms with Crippen LogP contribution >= 0.6 is 0 Å². The minimum absolute atomic E-state index is 0.289. The van der Waals surface area contributed by atoms with E-state index in [0.717, 1.165) is 22.5 Å². The van der Waals surface area contributed by atoms with Gasteiger partial charge in [-0.15, -0.1) is 5.10 Å². The third-order valence-electron chi connectivity index (χ3n) is 5.03. The van der Waals surface area contributed by atoms with Gasteiger partial charge in [0.15, 0.2) is 5.69 Å². The minimum atomic E-state index is -0.305. The first-order valence-corrected chi connectivity index (χ1v) is 9.79. The summed E-state index contributed by atoms with van der Waals surface area (Å²) < 4.78 is 3.54. The Morgan fingerprint density at radius 2 is 1.87 bits per heavy atom. The zero-order chi connectivity index (χ0) is 21.4. The van der Waals surface area contributed by atoms with Gasteiger partial charge >= 0.3 is 0 Å². The molecule has 31 heavy (non-hydrogen) atoms. The van der Waals surface area contributed by atoms with Crippen molar-refractivity contribution in [3.8, 4) is 16.9 Å². The van der Waals surface area contributed by atoms with Gasteiger partial charge in [0.25, 0.3) is 5.91 Å². The van der Waals surface area contributed by atoms with Crippen molar-refractivity contribution in [2.45, 2.75) is 13.8 Å². The number of nitrogens with zero attached hydrogens (tertiary/aromatic N) is 6. The summed E-state index contributed by atoms with van der Waals surface area (Å²) in [6.07, 6.45) is 5.53. The van der Waals surface area contributed by atoms with Gasteiger partial charge in [-0.3, -0.25) is 9.20 Å². The van der Waals surface area contributed by atoms with Crippen LogP contribution in [0.4, 0.5) is 5.69 Å². The molecule has 0 unspecified atom stereocenters. The van der Waals surface area contributed by atoms with E-state index in [1.807, 2.05) is 85.2 Å². The van der Waals surface area contributed by atoms with Gasteiger partial charge in [-0.05, 0) is 49.7 Å². The summed E-state index contributed by atoms with van der Waals surface area (Å²) in [6.45, 7) is 3.84. The summed E-state index contributed by atoms with van der Waals surface area (Å²) in [5.74, 6) is 0.336. The number of benzene rings is 2. The maximum atomic E-state index is 12.8. The quantitative estimate of drug-likeness (QED) is 0.487. The number of aryl methyl sites for hydroxylation is 1. The molecule has 0 fully saturated rings. The van der Waals surface area contributed by atoms with Crippen LogP contribution in [0.25, 0.3) is 22.7 Å². The van der Waals surface area contributed by atoms with Crippen LogP contribution in [0.3, 0.4) is 0 Å². The van der Waals surface area contributed by atoms with Crippen molar-refractivity contribution in [2.75, 3.05) is 5.32 Å². The number of fused-ring (bicyclic) bond motifs is 1. The third kappa shape index (κ3) is 3.55. The Balaban J connectivity index is 1.35. The van der Waals surface area contributed by atoms with Gasteiger partial charge in [-0.25, -0.2) is 14.6 Å². The molecule has 1 amide bonds. The highest BCUT2D eigenvalue weighted by atomic mass is 16.2. The predicted octanol–water partition coefficient (Wildman–Crippen LogP) is 3.85. The van der Waals surface area contributed by atoms with Crippen molar-refractivity contribution in [3.05, 3.63) is 90.1 Å². The van der Waals surface area contributed by atoms with E-state index >= 15 is 0 Å². The van der Waals surface area contributed by atoms with Crippen molar-refractivity contribution in [1.82, 2.24) is 29.4 Å². The Kier molecular flexibility index (Phi) is 4.51. The lowest BCUT2D eigenvalue weighted by Crippen LogP contribution is -2.14. The number of hydrogen-bond acceptors (Lipinski definition) is 5. The number of aromatic nitrogens is 6. The van der Waals surface area contributed by atoms with Gasteiger partial charge < -0.3 is 5.32 Å². The van der Waals surface area contributed by atoms with Crippen LogP contribution in [0.5, 0.6) is 0 Å². The highest BCUT2D eigenvalue weighted by Gasteiger charge is 2.17. The standard InChI is InChI=1S/C23H19N7O/c1-15-5-3-6-19(13-15)30-16(2)21(27-28-30)22(31)25-18-9-7-17(8-10-18)20-14-29-12-4-11-24-23(29)26-20/h3-14H,1-2H3,(H,25,31). The lowest BCUT2D eigenvalue weighted by Gasteiger charge is -2.06. The molecule has 8 nitrogen and oxygen atoms in total. The number of anilines is 1. The van der Waals surface area contributed by atoms with E-state index in [9.17, 15) is 4.79 Å². The van der Waals surface area contributed by atoms with E-state index in [4.69, 9.17) is 0 Å². The van der Waals surface area contributed by atoms with E-state index in [2.05, 4.69) is 25.6 Å². The molecule has 0 aliphatic rings. The molecule has 2 aromatic carbocycles. The van der Waals surface area contributed by atoms with Crippen LogP contribution in [0.1, 0.15) is 21.7 Å². The number of amides is 1. The zero-order valence-electron chi connectivity index (χ0n) is 17.0. The van der Waals surface area contributed by atoms with Gasteiger partial charge in [0.2, 0.25) is 5.78 Å². The molecule has 3 aromatic heterocycles. The van der Waals surface area contributed by atoms with Crippen LogP contribution in [0, 0.1) is 13.8 Å². The topological polar surface area (TPSA) is 90.0 Å². The van der Waals surface area contributed by atoms with Gasteiger partial charge in [0.05, 0.1) is 17.1 Å². The molecule has 0 bridgehead atoms. The van der Waals surface area contributed by atoms with Crippen molar-refractivity contribution in [3.63, 3.8) is 0 Å². The number of carbonyl (C=O) groups excluding carboxylic acids is 1. The maximum absolute atomic E-state index is 12.8. The molecule has 0 atom stereocenters. The molecule has 8 heteroatoms. The van der Waals surface area contributed by atoms with Gasteiger partial charge in [-0.2, -0.15) is 0 Å². The molecule has 0 spiro atoms. The molecule has 0 saturated heterocycles. The second-order valence-corrected chi connectivity index (χ2v) is 7.26. The van der Waals surface area contributed by atoms with Crippen LogP contribution in [0.2, 0.25) is 0 Å². The van der Waals surface area contributed by atoms with Crippen LogP contribution in [-0.2, 0) is 0 Å². The molecule has 3 heterocycles. The van der Waals surface area contributed by atoms with Crippen LogP contribution < -0.4 is 5.32 Å². The molecule has 0 radical (unpaired) electrons. The molecule has 0 aliphatic heterocycles. The summed E-state index contributed by atoms with van der Waals surface area (Å²) in [7, 11) is 0. The fourth-order valence-electron chi connectivity index (χ4n) is 3.43. The molecule has 152 valence electrons. The summed E-state index contributed by atoms with van der Waals surface area (Å²) in [4.78, 5) is 21.5. The molecule has 5 rings (SSSR count). The Morgan fingerprint density at radius 1 is 1.03 bits per heavy atom. The maximum Gasteiger partial charge on any atom is 0.278 e. The Labute approximate surface area is 178 Å². The second kappa shape index (κ2) is 7.49. The highest BCUT2D eigenvalue weighted by molar-refractivity contribution is 6.03. The summed E-state index contributed by atoms with van der Waals surface area (Å²) in [5.41, 5.74) is 5.36. The first-order chi connectivity index (χ1) is 15.1. The summed E-state index contributed by atoms with van der Waals surface area (Å²) >= 11 is 0. The Morgan fingerprint density at radius 3 is 2.65 bits per heavy atom. The van der Waals surface area contributed by atoms with E-state index < -0.39 is 0 Å². The summed E-state index contributed by atoms with van der Waals surface area (Å²) in [5, 5.41) is 11.1. The number of carbonyl (C=O) groups is 1. The molecule has 0 aliphatic carbocycles. The van der Waals surface area contributed by atoms with Crippen molar-refractivity contribution in [2.24, 2.45) is 0 Å². The lowest BCUT2D eigenvalue weighted by molar-refractivity contribution is 0.102. The second-order valence-electron chi connectivity index (χ2n) is 7.26. The normalized spacial score (nSPS) is 11.0. The van der Waals surface area contributed by atoms with E-state index in [1.54, 1.807) is 10.9 Å². The lowest BCUT2D eigenvalue weighted by atomic mass is 10.1. The van der Waals surface area contributed by atoms with Crippen molar-refractivity contribution >= 4 is 17.4 Å². The smallest absolute Gasteiger partial charge is 0.278 e. The predicted molar refractivity (Wildman–Crippen MR) is 117 cm³/mol. The van der Waals surface area contributed by atoms with E-state index in [0.29, 0.717) is 17.2 Å². The zero-order valence-corrected chi connectivity index (χ0v) is 17.0. The third-order valence-corrected chi connectivity index (χ3v) is 5.03. The van der Waals surface area contributed by atoms with Crippen LogP contribution in [0.15, 0.2) is 73.2 Å². The first-order valence-electron chi connectivity index (χ1n) is 9.79. The average Bonchev–Trinajstić information content (AvgIpc) is 3.38. The van der Waals surface area contributed by atoms with E-state index in [1.165, 1.54) is 0 Å². The molecular formula is C23H19N7O. The van der Waals surface area contributed by atoms with Crippen LogP contribution in [-0.4, -0.2) is 35.3 Å².